The lowest BCUT2D eigenvalue weighted by molar-refractivity contribution is -0.140. The molecule has 32 heavy (non-hydrogen) atoms. The minimum Gasteiger partial charge on any atom is -0.444 e. The van der Waals surface area contributed by atoms with Crippen LogP contribution in [0.4, 0.5) is 4.79 Å². The van der Waals surface area contributed by atoms with Crippen molar-refractivity contribution in [2.45, 2.75) is 91.3 Å². The third-order valence-electron chi connectivity index (χ3n) is 5.80. The SMILES string of the molecule is CCN(C(=O)CNC(=O)OC(C)(C)C)C(C(=O)NC1CCCCC1)c1ccc(C)c(C)c1. The predicted octanol–water partition coefficient (Wildman–Crippen LogP) is 4.17. The van der Waals surface area contributed by atoms with Crippen molar-refractivity contribution in [1.82, 2.24) is 15.5 Å². The van der Waals surface area contributed by atoms with Gasteiger partial charge in [-0.25, -0.2) is 4.79 Å². The van der Waals surface area contributed by atoms with E-state index in [0.29, 0.717) is 6.54 Å². The van der Waals surface area contributed by atoms with Crippen molar-refractivity contribution >= 4 is 17.9 Å². The number of rotatable bonds is 7. The first-order chi connectivity index (χ1) is 15.0. The number of carbonyl (C=O) groups is 3. The lowest BCUT2D eigenvalue weighted by atomic mass is 9.94. The highest BCUT2D eigenvalue weighted by Gasteiger charge is 2.32. The van der Waals surface area contributed by atoms with Gasteiger partial charge in [0.25, 0.3) is 0 Å². The lowest BCUT2D eigenvalue weighted by Crippen LogP contribution is -2.49. The van der Waals surface area contributed by atoms with E-state index in [1.165, 1.54) is 11.3 Å². The van der Waals surface area contributed by atoms with Crippen molar-refractivity contribution in [2.24, 2.45) is 0 Å². The Morgan fingerprint density at radius 2 is 1.75 bits per heavy atom. The van der Waals surface area contributed by atoms with E-state index in [-0.39, 0.29) is 24.4 Å². The van der Waals surface area contributed by atoms with E-state index < -0.39 is 17.7 Å². The molecule has 7 nitrogen and oxygen atoms in total. The first kappa shape index (κ1) is 25.7. The minimum atomic E-state index is -0.755. The number of alkyl carbamates (subject to hydrolysis) is 1. The first-order valence-electron chi connectivity index (χ1n) is 11.7. The smallest absolute Gasteiger partial charge is 0.408 e. The van der Waals surface area contributed by atoms with Crippen LogP contribution in [-0.4, -0.2) is 47.5 Å². The van der Waals surface area contributed by atoms with Crippen molar-refractivity contribution in [3.05, 3.63) is 34.9 Å². The Labute approximate surface area is 192 Å². The van der Waals surface area contributed by atoms with Gasteiger partial charge in [-0.3, -0.25) is 9.59 Å². The van der Waals surface area contributed by atoms with Crippen molar-refractivity contribution in [1.29, 1.82) is 0 Å². The van der Waals surface area contributed by atoms with E-state index >= 15 is 0 Å². The van der Waals surface area contributed by atoms with Gasteiger partial charge in [0.05, 0.1) is 0 Å². The molecule has 1 aliphatic carbocycles. The number of carbonyl (C=O) groups excluding carboxylic acids is 3. The summed E-state index contributed by atoms with van der Waals surface area (Å²) >= 11 is 0. The van der Waals surface area contributed by atoms with Crippen LogP contribution in [0.2, 0.25) is 0 Å². The summed E-state index contributed by atoms with van der Waals surface area (Å²) < 4.78 is 5.22. The molecular formula is C25H39N3O4. The molecule has 2 rings (SSSR count). The molecular weight excluding hydrogens is 406 g/mol. The monoisotopic (exact) mass is 445 g/mol. The molecule has 0 radical (unpaired) electrons. The molecule has 0 spiro atoms. The van der Waals surface area contributed by atoms with Crippen LogP contribution in [0.3, 0.4) is 0 Å². The molecule has 1 atom stereocenters. The summed E-state index contributed by atoms with van der Waals surface area (Å²) in [6.07, 6.45) is 4.68. The molecule has 1 aliphatic rings. The Bertz CT molecular complexity index is 810. The van der Waals surface area contributed by atoms with E-state index in [0.717, 1.165) is 42.4 Å². The van der Waals surface area contributed by atoms with Gasteiger partial charge in [-0.15, -0.1) is 0 Å². The summed E-state index contributed by atoms with van der Waals surface area (Å²) in [6, 6.07) is 5.23. The van der Waals surface area contributed by atoms with Gasteiger partial charge < -0.3 is 20.3 Å². The third-order valence-corrected chi connectivity index (χ3v) is 5.80. The fraction of sp³-hybridized carbons (Fsp3) is 0.640. The minimum absolute atomic E-state index is 0.138. The highest BCUT2D eigenvalue weighted by atomic mass is 16.6. The number of amides is 3. The Morgan fingerprint density at radius 1 is 1.09 bits per heavy atom. The third kappa shape index (κ3) is 7.53. The molecule has 2 N–H and O–H groups in total. The summed E-state index contributed by atoms with van der Waals surface area (Å²) in [7, 11) is 0. The second-order valence-electron chi connectivity index (χ2n) is 9.62. The van der Waals surface area contributed by atoms with Gasteiger partial charge in [-0.1, -0.05) is 37.5 Å². The highest BCUT2D eigenvalue weighted by molar-refractivity contribution is 5.90. The predicted molar refractivity (Wildman–Crippen MR) is 125 cm³/mol. The molecule has 7 heteroatoms. The maximum atomic E-state index is 13.4. The molecule has 0 bridgehead atoms. The maximum absolute atomic E-state index is 13.4. The number of ether oxygens (including phenoxy) is 1. The number of aryl methyl sites for hydroxylation is 2. The number of nitrogens with zero attached hydrogens (tertiary/aromatic N) is 1. The zero-order valence-electron chi connectivity index (χ0n) is 20.4. The largest absolute Gasteiger partial charge is 0.444 e. The summed E-state index contributed by atoms with van der Waals surface area (Å²) in [4.78, 5) is 40.0. The number of hydrogen-bond acceptors (Lipinski definition) is 4. The van der Waals surface area contributed by atoms with Crippen LogP contribution in [0.15, 0.2) is 18.2 Å². The Hall–Kier alpha value is -2.57. The number of benzene rings is 1. The van der Waals surface area contributed by atoms with Gasteiger partial charge >= 0.3 is 6.09 Å². The fourth-order valence-electron chi connectivity index (χ4n) is 4.00. The summed E-state index contributed by atoms with van der Waals surface area (Å²) in [5, 5.41) is 5.69. The quantitative estimate of drug-likeness (QED) is 0.659. The molecule has 3 amide bonds. The van der Waals surface area contributed by atoms with Crippen LogP contribution in [0, 0.1) is 13.8 Å². The molecule has 1 fully saturated rings. The topological polar surface area (TPSA) is 87.7 Å². The molecule has 1 saturated carbocycles. The van der Waals surface area contributed by atoms with E-state index in [4.69, 9.17) is 4.74 Å². The van der Waals surface area contributed by atoms with E-state index in [9.17, 15) is 14.4 Å². The van der Waals surface area contributed by atoms with Gasteiger partial charge in [-0.05, 0) is 71.1 Å². The van der Waals surface area contributed by atoms with Crippen molar-refractivity contribution < 1.29 is 19.1 Å². The van der Waals surface area contributed by atoms with E-state index in [1.54, 1.807) is 20.8 Å². The van der Waals surface area contributed by atoms with Crippen LogP contribution < -0.4 is 10.6 Å². The first-order valence-corrected chi connectivity index (χ1v) is 11.7. The van der Waals surface area contributed by atoms with Gasteiger partial charge in [0.1, 0.15) is 18.2 Å². The zero-order chi connectivity index (χ0) is 23.9. The Balaban J connectivity index is 2.22. The molecule has 1 unspecified atom stereocenters. The van der Waals surface area contributed by atoms with Crippen LogP contribution in [0.25, 0.3) is 0 Å². The van der Waals surface area contributed by atoms with Crippen LogP contribution in [0.1, 0.15) is 82.5 Å². The van der Waals surface area contributed by atoms with Crippen molar-refractivity contribution in [2.75, 3.05) is 13.1 Å². The number of likely N-dealkylation sites (N-methyl/N-ethyl adjacent to an activating group) is 1. The second kappa shape index (κ2) is 11.3. The zero-order valence-corrected chi connectivity index (χ0v) is 20.4. The van der Waals surface area contributed by atoms with Crippen LogP contribution in [0.5, 0.6) is 0 Å². The van der Waals surface area contributed by atoms with Gasteiger partial charge in [-0.2, -0.15) is 0 Å². The average Bonchev–Trinajstić information content (AvgIpc) is 2.71. The molecule has 1 aromatic rings. The molecule has 0 saturated heterocycles. The molecule has 0 aromatic heterocycles. The number of nitrogens with one attached hydrogen (secondary N) is 2. The average molecular weight is 446 g/mol. The second-order valence-corrected chi connectivity index (χ2v) is 9.62. The lowest BCUT2D eigenvalue weighted by Gasteiger charge is -2.33. The van der Waals surface area contributed by atoms with Gasteiger partial charge in [0.2, 0.25) is 11.8 Å². The molecule has 178 valence electrons. The fourth-order valence-corrected chi connectivity index (χ4v) is 4.00. The number of hydrogen-bond donors (Lipinski definition) is 2. The summed E-state index contributed by atoms with van der Waals surface area (Å²) in [5.41, 5.74) is 2.31. The summed E-state index contributed by atoms with van der Waals surface area (Å²) in [5.74, 6) is -0.506. The molecule has 0 heterocycles. The van der Waals surface area contributed by atoms with Crippen molar-refractivity contribution in [3.63, 3.8) is 0 Å². The van der Waals surface area contributed by atoms with Crippen molar-refractivity contribution in [3.8, 4) is 0 Å². The molecule has 0 aliphatic heterocycles. The highest BCUT2D eigenvalue weighted by Crippen LogP contribution is 2.25. The van der Waals surface area contributed by atoms with Gasteiger partial charge in [0, 0.05) is 12.6 Å². The maximum Gasteiger partial charge on any atom is 0.408 e. The Morgan fingerprint density at radius 3 is 2.31 bits per heavy atom. The van der Waals surface area contributed by atoms with Gasteiger partial charge in [0.15, 0.2) is 0 Å². The standard InChI is InChI=1S/C25H39N3O4/c1-7-28(21(29)16-26-24(31)32-25(4,5)6)22(19-14-13-17(2)18(3)15-19)23(30)27-20-11-9-8-10-12-20/h13-15,20,22H,7-12,16H2,1-6H3,(H,26,31)(H,27,30). The van der Waals surface area contributed by atoms with Crippen LogP contribution >= 0.6 is 0 Å². The summed E-state index contributed by atoms with van der Waals surface area (Å²) in [6.45, 7) is 11.2. The molecule has 1 aromatic carbocycles. The Kier molecular flexibility index (Phi) is 9.10. The van der Waals surface area contributed by atoms with E-state index in [1.807, 2.05) is 39.0 Å². The normalized spacial score (nSPS) is 15.6. The van der Waals surface area contributed by atoms with E-state index in [2.05, 4.69) is 10.6 Å². The van der Waals surface area contributed by atoms with Crippen LogP contribution in [-0.2, 0) is 14.3 Å².